The molecule has 6 heteroatoms. The molecule has 0 bridgehead atoms. The predicted octanol–water partition coefficient (Wildman–Crippen LogP) is 1.65. The molecule has 116 valence electrons. The summed E-state index contributed by atoms with van der Waals surface area (Å²) >= 11 is 0. The molecule has 0 aromatic rings. The number of amides is 1. The third-order valence-electron chi connectivity index (χ3n) is 4.28. The minimum Gasteiger partial charge on any atom is -0.480 e. The molecule has 1 aliphatic carbocycles. The van der Waals surface area contributed by atoms with E-state index in [0.29, 0.717) is 12.3 Å². The first-order chi connectivity index (χ1) is 8.99. The first kappa shape index (κ1) is 17.2. The van der Waals surface area contributed by atoms with E-state index in [9.17, 15) is 14.7 Å². The highest BCUT2D eigenvalue weighted by molar-refractivity contribution is 5.85. The van der Waals surface area contributed by atoms with Gasteiger partial charge in [0.15, 0.2) is 0 Å². The van der Waals surface area contributed by atoms with E-state index in [0.717, 1.165) is 19.3 Å². The SMILES string of the molecule is CC(C)NC(=O)CN1C(C(=O)O)CC2CCCCC21.Cl. The fourth-order valence-corrected chi connectivity index (χ4v) is 3.56. The monoisotopic (exact) mass is 304 g/mol. The lowest BCUT2D eigenvalue weighted by Crippen LogP contribution is -2.48. The molecule has 0 aromatic carbocycles. The molecule has 2 aliphatic rings. The van der Waals surface area contributed by atoms with E-state index in [1.54, 1.807) is 0 Å². The molecule has 3 atom stereocenters. The first-order valence-corrected chi connectivity index (χ1v) is 7.27. The van der Waals surface area contributed by atoms with Crippen LogP contribution in [-0.4, -0.2) is 46.6 Å². The molecule has 0 aromatic heterocycles. The zero-order valence-electron chi connectivity index (χ0n) is 12.2. The van der Waals surface area contributed by atoms with E-state index in [1.165, 1.54) is 6.42 Å². The van der Waals surface area contributed by atoms with Crippen LogP contribution in [0.1, 0.15) is 46.0 Å². The van der Waals surface area contributed by atoms with Crippen molar-refractivity contribution in [3.8, 4) is 0 Å². The van der Waals surface area contributed by atoms with E-state index >= 15 is 0 Å². The van der Waals surface area contributed by atoms with Gasteiger partial charge in [-0.1, -0.05) is 12.8 Å². The van der Waals surface area contributed by atoms with Crippen molar-refractivity contribution < 1.29 is 14.7 Å². The Balaban J connectivity index is 0.00000200. The maximum absolute atomic E-state index is 11.9. The zero-order chi connectivity index (χ0) is 14.0. The molecule has 0 spiro atoms. The van der Waals surface area contributed by atoms with E-state index in [1.807, 2.05) is 18.7 Å². The normalized spacial score (nSPS) is 29.6. The van der Waals surface area contributed by atoms with E-state index in [-0.39, 0.29) is 36.9 Å². The molecule has 5 nitrogen and oxygen atoms in total. The highest BCUT2D eigenvalue weighted by Crippen LogP contribution is 2.39. The highest BCUT2D eigenvalue weighted by Gasteiger charge is 2.45. The van der Waals surface area contributed by atoms with Crippen molar-refractivity contribution in [1.82, 2.24) is 10.2 Å². The lowest BCUT2D eigenvalue weighted by atomic mass is 9.85. The third-order valence-corrected chi connectivity index (χ3v) is 4.28. The number of hydrogen-bond acceptors (Lipinski definition) is 3. The minimum atomic E-state index is -0.785. The van der Waals surface area contributed by atoms with Gasteiger partial charge in [-0.25, -0.2) is 0 Å². The molecule has 1 aliphatic heterocycles. The summed E-state index contributed by atoms with van der Waals surface area (Å²) in [6.07, 6.45) is 5.18. The lowest BCUT2D eigenvalue weighted by molar-refractivity contribution is -0.143. The molecule has 0 radical (unpaired) electrons. The Morgan fingerprint density at radius 1 is 1.30 bits per heavy atom. The maximum atomic E-state index is 11.9. The molecular weight excluding hydrogens is 280 g/mol. The molecule has 20 heavy (non-hydrogen) atoms. The van der Waals surface area contributed by atoms with Crippen LogP contribution in [0.15, 0.2) is 0 Å². The smallest absolute Gasteiger partial charge is 0.320 e. The molecule has 1 amide bonds. The number of carbonyl (C=O) groups excluding carboxylic acids is 1. The van der Waals surface area contributed by atoms with Crippen molar-refractivity contribution in [2.75, 3.05) is 6.54 Å². The minimum absolute atomic E-state index is 0. The summed E-state index contributed by atoms with van der Waals surface area (Å²) in [5, 5.41) is 12.2. The van der Waals surface area contributed by atoms with Crippen LogP contribution in [0, 0.1) is 5.92 Å². The number of rotatable bonds is 4. The van der Waals surface area contributed by atoms with Crippen LogP contribution in [0.2, 0.25) is 0 Å². The van der Waals surface area contributed by atoms with Crippen molar-refractivity contribution in [3.05, 3.63) is 0 Å². The van der Waals surface area contributed by atoms with Gasteiger partial charge in [0.05, 0.1) is 6.54 Å². The van der Waals surface area contributed by atoms with Crippen LogP contribution < -0.4 is 5.32 Å². The van der Waals surface area contributed by atoms with Gasteiger partial charge >= 0.3 is 5.97 Å². The second kappa shape index (κ2) is 7.27. The molecule has 1 saturated heterocycles. The van der Waals surface area contributed by atoms with Crippen molar-refractivity contribution in [2.24, 2.45) is 5.92 Å². The van der Waals surface area contributed by atoms with E-state index < -0.39 is 12.0 Å². The Morgan fingerprint density at radius 2 is 1.95 bits per heavy atom. The number of fused-ring (bicyclic) bond motifs is 1. The van der Waals surface area contributed by atoms with Gasteiger partial charge in [-0.15, -0.1) is 12.4 Å². The number of carboxylic acid groups (broad SMARTS) is 1. The highest BCUT2D eigenvalue weighted by atomic mass is 35.5. The topological polar surface area (TPSA) is 69.6 Å². The van der Waals surface area contributed by atoms with Crippen LogP contribution in [0.5, 0.6) is 0 Å². The molecule has 1 heterocycles. The van der Waals surface area contributed by atoms with Crippen LogP contribution in [-0.2, 0) is 9.59 Å². The molecule has 1 saturated carbocycles. The fraction of sp³-hybridized carbons (Fsp3) is 0.857. The van der Waals surface area contributed by atoms with Crippen LogP contribution in [0.4, 0.5) is 0 Å². The summed E-state index contributed by atoms with van der Waals surface area (Å²) in [4.78, 5) is 25.2. The number of carboxylic acids is 1. The summed E-state index contributed by atoms with van der Waals surface area (Å²) in [5.41, 5.74) is 0. The summed E-state index contributed by atoms with van der Waals surface area (Å²) in [7, 11) is 0. The summed E-state index contributed by atoms with van der Waals surface area (Å²) in [6, 6.07) is -0.0979. The van der Waals surface area contributed by atoms with Crippen molar-refractivity contribution >= 4 is 24.3 Å². The second-order valence-corrected chi connectivity index (χ2v) is 6.10. The number of aliphatic carboxylic acids is 1. The summed E-state index contributed by atoms with van der Waals surface area (Å²) < 4.78 is 0. The van der Waals surface area contributed by atoms with E-state index in [4.69, 9.17) is 0 Å². The van der Waals surface area contributed by atoms with Gasteiger partial charge in [-0.2, -0.15) is 0 Å². The Morgan fingerprint density at radius 3 is 2.55 bits per heavy atom. The Labute approximate surface area is 126 Å². The van der Waals surface area contributed by atoms with Gasteiger partial charge in [0.2, 0.25) is 5.91 Å². The lowest BCUT2D eigenvalue weighted by Gasteiger charge is -2.32. The van der Waals surface area contributed by atoms with Crippen LogP contribution in [0.3, 0.4) is 0 Å². The predicted molar refractivity (Wildman–Crippen MR) is 79.0 cm³/mol. The van der Waals surface area contributed by atoms with Crippen molar-refractivity contribution in [2.45, 2.75) is 64.1 Å². The Hall–Kier alpha value is -0.810. The largest absolute Gasteiger partial charge is 0.480 e. The number of halogens is 1. The molecule has 2 fully saturated rings. The van der Waals surface area contributed by atoms with Crippen molar-refractivity contribution in [3.63, 3.8) is 0 Å². The Bertz CT molecular complexity index is 362. The number of nitrogens with one attached hydrogen (secondary N) is 1. The Kier molecular flexibility index (Phi) is 6.27. The van der Waals surface area contributed by atoms with E-state index in [2.05, 4.69) is 5.32 Å². The molecule has 2 rings (SSSR count). The van der Waals surface area contributed by atoms with Crippen LogP contribution >= 0.6 is 12.4 Å². The second-order valence-electron chi connectivity index (χ2n) is 6.10. The molecule has 2 N–H and O–H groups in total. The van der Waals surface area contributed by atoms with Gasteiger partial charge < -0.3 is 10.4 Å². The summed E-state index contributed by atoms with van der Waals surface area (Å²) in [6.45, 7) is 4.05. The van der Waals surface area contributed by atoms with Gasteiger partial charge in [0.1, 0.15) is 6.04 Å². The van der Waals surface area contributed by atoms with Crippen molar-refractivity contribution in [1.29, 1.82) is 0 Å². The van der Waals surface area contributed by atoms with Gasteiger partial charge in [-0.3, -0.25) is 14.5 Å². The van der Waals surface area contributed by atoms with Crippen LogP contribution in [0.25, 0.3) is 0 Å². The maximum Gasteiger partial charge on any atom is 0.320 e. The van der Waals surface area contributed by atoms with Gasteiger partial charge in [0.25, 0.3) is 0 Å². The molecular formula is C14H25ClN2O3. The molecule has 3 unspecified atom stereocenters. The number of carbonyl (C=O) groups is 2. The van der Waals surface area contributed by atoms with Gasteiger partial charge in [-0.05, 0) is 39.0 Å². The average molecular weight is 305 g/mol. The number of likely N-dealkylation sites (tertiary alicyclic amines) is 1. The first-order valence-electron chi connectivity index (χ1n) is 7.27. The standard InChI is InChI=1S/C14H24N2O3.ClH/c1-9(2)15-13(17)8-16-11-6-4-3-5-10(11)7-12(16)14(18)19;/h9-12H,3-8H2,1-2H3,(H,15,17)(H,18,19);1H. The quantitative estimate of drug-likeness (QED) is 0.828. The zero-order valence-corrected chi connectivity index (χ0v) is 13.0. The summed E-state index contributed by atoms with van der Waals surface area (Å²) in [5.74, 6) is -0.388. The number of nitrogens with zero attached hydrogens (tertiary/aromatic N) is 1. The fourth-order valence-electron chi connectivity index (χ4n) is 3.56. The third kappa shape index (κ3) is 3.85. The number of hydrogen-bond donors (Lipinski definition) is 2. The van der Waals surface area contributed by atoms with Gasteiger partial charge in [0, 0.05) is 12.1 Å². The average Bonchev–Trinajstić information content (AvgIpc) is 2.67.